The Hall–Kier alpha value is -2.67. The maximum absolute atomic E-state index is 12.5. The Balaban J connectivity index is 1.83. The fraction of sp³-hybridized carbons (Fsp3) is 0.350. The number of para-hydroxylation sites is 1. The monoisotopic (exact) mass is 387 g/mol. The Labute approximate surface area is 163 Å². The van der Waals surface area contributed by atoms with E-state index in [-0.39, 0.29) is 37.2 Å². The lowest BCUT2D eigenvalue weighted by Crippen LogP contribution is -2.40. The molecule has 2 rings (SSSR count). The molecule has 0 fully saturated rings. The number of hydrogen-bond donors (Lipinski definition) is 2. The van der Waals surface area contributed by atoms with Gasteiger partial charge >= 0.3 is 0 Å². The zero-order valence-corrected chi connectivity index (χ0v) is 16.5. The maximum atomic E-state index is 12.5. The van der Waals surface area contributed by atoms with Crippen LogP contribution in [0.15, 0.2) is 41.8 Å². The van der Waals surface area contributed by atoms with Crippen molar-refractivity contribution in [1.82, 2.24) is 10.2 Å². The van der Waals surface area contributed by atoms with Crippen LogP contribution in [-0.2, 0) is 9.59 Å². The predicted octanol–water partition coefficient (Wildman–Crippen LogP) is 3.05. The van der Waals surface area contributed by atoms with Gasteiger partial charge < -0.3 is 15.5 Å². The minimum Gasteiger partial charge on any atom is -0.351 e. The number of amides is 3. The topological polar surface area (TPSA) is 78.5 Å². The first-order valence-corrected chi connectivity index (χ1v) is 9.84. The summed E-state index contributed by atoms with van der Waals surface area (Å²) >= 11 is 1.35. The second kappa shape index (κ2) is 10.5. The average molecular weight is 388 g/mol. The van der Waals surface area contributed by atoms with Gasteiger partial charge in [0, 0.05) is 25.2 Å². The fourth-order valence-corrected chi connectivity index (χ4v) is 3.21. The van der Waals surface area contributed by atoms with Gasteiger partial charge in [0.05, 0.1) is 11.4 Å². The number of benzene rings is 1. The molecule has 3 amide bonds. The minimum atomic E-state index is -0.228. The van der Waals surface area contributed by atoms with E-state index in [1.54, 1.807) is 12.1 Å². The first-order valence-electron chi connectivity index (χ1n) is 8.96. The maximum Gasteiger partial charge on any atom is 0.261 e. The molecule has 0 unspecified atom stereocenters. The molecule has 144 valence electrons. The molecule has 0 aliphatic rings. The third-order valence-corrected chi connectivity index (χ3v) is 4.84. The van der Waals surface area contributed by atoms with Crippen molar-refractivity contribution in [2.24, 2.45) is 0 Å². The molecule has 7 heteroatoms. The number of nitrogens with one attached hydrogen (secondary N) is 2. The zero-order chi connectivity index (χ0) is 19.6. The Morgan fingerprint density at radius 1 is 1.11 bits per heavy atom. The normalized spacial score (nSPS) is 10.3. The summed E-state index contributed by atoms with van der Waals surface area (Å²) < 4.78 is 0. The van der Waals surface area contributed by atoms with Crippen LogP contribution < -0.4 is 10.6 Å². The molecular weight excluding hydrogens is 362 g/mol. The number of anilines is 1. The molecule has 0 spiro atoms. The van der Waals surface area contributed by atoms with E-state index in [1.807, 2.05) is 43.5 Å². The Morgan fingerprint density at radius 2 is 1.89 bits per heavy atom. The van der Waals surface area contributed by atoms with Crippen molar-refractivity contribution in [3.8, 4) is 0 Å². The Morgan fingerprint density at radius 3 is 2.56 bits per heavy atom. The van der Waals surface area contributed by atoms with E-state index < -0.39 is 0 Å². The van der Waals surface area contributed by atoms with Crippen molar-refractivity contribution in [1.29, 1.82) is 0 Å². The lowest BCUT2D eigenvalue weighted by atomic mass is 10.2. The number of hydrogen-bond acceptors (Lipinski definition) is 4. The third kappa shape index (κ3) is 6.53. The Bertz CT molecular complexity index is 775. The van der Waals surface area contributed by atoms with Crippen LogP contribution >= 0.6 is 11.3 Å². The second-order valence-corrected chi connectivity index (χ2v) is 7.11. The highest BCUT2D eigenvalue weighted by Gasteiger charge is 2.17. The van der Waals surface area contributed by atoms with Crippen molar-refractivity contribution >= 4 is 34.7 Å². The molecule has 0 saturated carbocycles. The molecule has 2 aromatic rings. The van der Waals surface area contributed by atoms with Gasteiger partial charge in [0.1, 0.15) is 0 Å². The van der Waals surface area contributed by atoms with Crippen LogP contribution in [0.5, 0.6) is 0 Å². The van der Waals surface area contributed by atoms with E-state index in [0.717, 1.165) is 17.7 Å². The molecule has 6 nitrogen and oxygen atoms in total. The van der Waals surface area contributed by atoms with Crippen LogP contribution in [0.4, 0.5) is 5.69 Å². The highest BCUT2D eigenvalue weighted by Crippen LogP contribution is 2.13. The quantitative estimate of drug-likeness (QED) is 0.694. The third-order valence-electron chi connectivity index (χ3n) is 3.97. The summed E-state index contributed by atoms with van der Waals surface area (Å²) in [5.74, 6) is -0.561. The van der Waals surface area contributed by atoms with Crippen molar-refractivity contribution in [2.75, 3.05) is 25.0 Å². The van der Waals surface area contributed by atoms with Gasteiger partial charge in [-0.05, 0) is 36.4 Å². The van der Waals surface area contributed by atoms with Gasteiger partial charge in [0.2, 0.25) is 11.8 Å². The van der Waals surface area contributed by atoms with Crippen LogP contribution in [0.2, 0.25) is 0 Å². The zero-order valence-electron chi connectivity index (χ0n) is 15.7. The Kier molecular flexibility index (Phi) is 8.00. The molecular formula is C20H25N3O3S. The second-order valence-electron chi connectivity index (χ2n) is 6.16. The van der Waals surface area contributed by atoms with Gasteiger partial charge in [-0.2, -0.15) is 0 Å². The first kappa shape index (κ1) is 20.6. The van der Waals surface area contributed by atoms with Crippen LogP contribution in [-0.4, -0.2) is 42.3 Å². The number of aryl methyl sites for hydroxylation is 1. The highest BCUT2D eigenvalue weighted by molar-refractivity contribution is 7.12. The lowest BCUT2D eigenvalue weighted by molar-refractivity contribution is -0.134. The fourth-order valence-electron chi connectivity index (χ4n) is 2.57. The largest absolute Gasteiger partial charge is 0.351 e. The molecule has 0 atom stereocenters. The van der Waals surface area contributed by atoms with Crippen LogP contribution in [0.1, 0.15) is 35.0 Å². The van der Waals surface area contributed by atoms with E-state index in [9.17, 15) is 14.4 Å². The van der Waals surface area contributed by atoms with Gasteiger partial charge in [0.25, 0.3) is 5.91 Å². The van der Waals surface area contributed by atoms with Gasteiger partial charge in [-0.3, -0.25) is 14.4 Å². The summed E-state index contributed by atoms with van der Waals surface area (Å²) in [5, 5.41) is 7.41. The first-order chi connectivity index (χ1) is 13.0. The number of thiophene rings is 1. The smallest absolute Gasteiger partial charge is 0.261 e. The van der Waals surface area contributed by atoms with Gasteiger partial charge in [-0.1, -0.05) is 31.2 Å². The summed E-state index contributed by atoms with van der Waals surface area (Å²) in [7, 11) is 0. The van der Waals surface area contributed by atoms with E-state index in [4.69, 9.17) is 0 Å². The molecule has 0 aliphatic carbocycles. The van der Waals surface area contributed by atoms with Crippen LogP contribution in [0.25, 0.3) is 0 Å². The molecule has 0 bridgehead atoms. The van der Waals surface area contributed by atoms with Crippen molar-refractivity contribution in [3.63, 3.8) is 0 Å². The highest BCUT2D eigenvalue weighted by atomic mass is 32.1. The molecule has 1 heterocycles. The van der Waals surface area contributed by atoms with Crippen molar-refractivity contribution in [3.05, 3.63) is 52.2 Å². The molecule has 0 radical (unpaired) electrons. The van der Waals surface area contributed by atoms with Gasteiger partial charge in [0.15, 0.2) is 0 Å². The molecule has 2 N–H and O–H groups in total. The van der Waals surface area contributed by atoms with Crippen molar-refractivity contribution < 1.29 is 14.4 Å². The van der Waals surface area contributed by atoms with Crippen LogP contribution in [0.3, 0.4) is 0 Å². The number of nitrogens with zero attached hydrogens (tertiary/aromatic N) is 1. The van der Waals surface area contributed by atoms with E-state index in [0.29, 0.717) is 11.4 Å². The minimum absolute atomic E-state index is 0.000120. The number of carbonyl (C=O) groups excluding carboxylic acids is 3. The molecule has 27 heavy (non-hydrogen) atoms. The molecule has 1 aromatic carbocycles. The average Bonchev–Trinajstić information content (AvgIpc) is 3.18. The number of carbonyl (C=O) groups is 3. The van der Waals surface area contributed by atoms with Gasteiger partial charge in [-0.15, -0.1) is 11.3 Å². The summed E-state index contributed by atoms with van der Waals surface area (Å²) in [6.07, 6.45) is 0.916. The summed E-state index contributed by atoms with van der Waals surface area (Å²) in [6, 6.07) is 11.1. The number of rotatable bonds is 9. The standard InChI is InChI=1S/C20H25N3O3S/c1-3-12-23(14-18(24)22-16-8-5-4-7-15(16)2)19(25)10-11-21-20(26)17-9-6-13-27-17/h4-9,13H,3,10-12,14H2,1-2H3,(H,21,26)(H,22,24). The lowest BCUT2D eigenvalue weighted by Gasteiger charge is -2.22. The SMILES string of the molecule is CCCN(CC(=O)Nc1ccccc1C)C(=O)CCNC(=O)c1cccs1. The summed E-state index contributed by atoms with van der Waals surface area (Å²) in [4.78, 5) is 38.8. The van der Waals surface area contributed by atoms with Crippen molar-refractivity contribution in [2.45, 2.75) is 26.7 Å². The van der Waals surface area contributed by atoms with Crippen LogP contribution in [0, 0.1) is 6.92 Å². The molecule has 0 saturated heterocycles. The van der Waals surface area contributed by atoms with Gasteiger partial charge in [-0.25, -0.2) is 0 Å². The summed E-state index contributed by atoms with van der Waals surface area (Å²) in [6.45, 7) is 4.62. The predicted molar refractivity (Wildman–Crippen MR) is 108 cm³/mol. The van der Waals surface area contributed by atoms with E-state index >= 15 is 0 Å². The summed E-state index contributed by atoms with van der Waals surface area (Å²) in [5.41, 5.74) is 1.71. The van der Waals surface area contributed by atoms with E-state index in [1.165, 1.54) is 16.2 Å². The van der Waals surface area contributed by atoms with E-state index in [2.05, 4.69) is 10.6 Å². The molecule has 0 aliphatic heterocycles. The molecule has 1 aromatic heterocycles.